The van der Waals surface area contributed by atoms with E-state index in [4.69, 9.17) is 0 Å². The van der Waals surface area contributed by atoms with E-state index in [2.05, 4.69) is 4.89 Å². The van der Waals surface area contributed by atoms with Crippen LogP contribution in [0, 0.1) is 0 Å². The summed E-state index contributed by atoms with van der Waals surface area (Å²) in [5, 5.41) is 9.60. The zero-order chi connectivity index (χ0) is 6.53. The third-order valence-corrected chi connectivity index (χ3v) is 1.07. The maximum absolute atomic E-state index is 9.60. The summed E-state index contributed by atoms with van der Waals surface area (Å²) < 4.78 is 0. The van der Waals surface area contributed by atoms with E-state index < -0.39 is 0 Å². The van der Waals surface area contributed by atoms with Gasteiger partial charge in [0.05, 0.1) is 6.61 Å². The van der Waals surface area contributed by atoms with Gasteiger partial charge in [-0.05, 0) is 5.56 Å². The van der Waals surface area contributed by atoms with E-state index in [9.17, 15) is 5.26 Å². The van der Waals surface area contributed by atoms with Gasteiger partial charge >= 0.3 is 18.9 Å². The molecule has 0 unspecified atom stereocenters. The summed E-state index contributed by atoms with van der Waals surface area (Å²) in [5.41, 5.74) is 0.910. The molecule has 1 rings (SSSR count). The molecule has 0 spiro atoms. The van der Waals surface area contributed by atoms with E-state index in [1.165, 1.54) is 0 Å². The van der Waals surface area contributed by atoms with Crippen molar-refractivity contribution in [2.24, 2.45) is 0 Å². The predicted octanol–water partition coefficient (Wildman–Crippen LogP) is -2.52. The van der Waals surface area contributed by atoms with E-state index in [1.54, 1.807) is 0 Å². The first-order valence-electron chi connectivity index (χ1n) is 2.72. The number of benzene rings is 1. The molecule has 0 saturated carbocycles. The Hall–Kier alpha value is -0.263. The van der Waals surface area contributed by atoms with Gasteiger partial charge in [-0.1, -0.05) is 30.3 Å². The van der Waals surface area contributed by atoms with Gasteiger partial charge in [-0.15, -0.1) is 0 Å². The molecule has 0 atom stereocenters. The molecular formula is C7H7LiO2. The van der Waals surface area contributed by atoms with Crippen molar-refractivity contribution in [2.45, 2.75) is 6.61 Å². The number of rotatable bonds is 2. The largest absolute Gasteiger partial charge is 1.00 e. The van der Waals surface area contributed by atoms with E-state index in [-0.39, 0.29) is 25.5 Å². The summed E-state index contributed by atoms with van der Waals surface area (Å²) in [6, 6.07) is 9.33. The van der Waals surface area contributed by atoms with Crippen molar-refractivity contribution in [3.05, 3.63) is 35.9 Å². The molecule has 0 amide bonds. The van der Waals surface area contributed by atoms with Crippen LogP contribution in [0.15, 0.2) is 30.3 Å². The van der Waals surface area contributed by atoms with Crippen molar-refractivity contribution in [2.75, 3.05) is 0 Å². The van der Waals surface area contributed by atoms with Crippen molar-refractivity contribution < 1.29 is 29.0 Å². The van der Waals surface area contributed by atoms with Crippen LogP contribution < -0.4 is 24.1 Å². The molecule has 0 aliphatic carbocycles. The maximum Gasteiger partial charge on any atom is 1.00 e. The standard InChI is InChI=1S/C7H8O2.Li/c8-9-6-7-4-2-1-3-5-7;/h1-5,8H,6H2;/q;+1/p-1. The first-order chi connectivity index (χ1) is 4.43. The van der Waals surface area contributed by atoms with E-state index in [0.29, 0.717) is 0 Å². The molecule has 0 bridgehead atoms. The Morgan fingerprint density at radius 1 is 1.20 bits per heavy atom. The summed E-state index contributed by atoms with van der Waals surface area (Å²) >= 11 is 0. The summed E-state index contributed by atoms with van der Waals surface area (Å²) in [4.78, 5) is 3.68. The van der Waals surface area contributed by atoms with Crippen LogP contribution in [0.25, 0.3) is 0 Å². The first-order valence-corrected chi connectivity index (χ1v) is 2.72. The van der Waals surface area contributed by atoms with Crippen LogP contribution >= 0.6 is 0 Å². The van der Waals surface area contributed by atoms with Crippen molar-refractivity contribution >= 4 is 0 Å². The summed E-state index contributed by atoms with van der Waals surface area (Å²) in [5.74, 6) is 0. The molecule has 48 valence electrons. The van der Waals surface area contributed by atoms with Gasteiger partial charge in [-0.25, -0.2) is 0 Å². The van der Waals surface area contributed by atoms with E-state index >= 15 is 0 Å². The minimum absolute atomic E-state index is 0. The minimum Gasteiger partial charge on any atom is -0.723 e. The molecular weight excluding hydrogens is 123 g/mol. The van der Waals surface area contributed by atoms with Crippen LogP contribution in [0.2, 0.25) is 0 Å². The van der Waals surface area contributed by atoms with Crippen LogP contribution in [0.1, 0.15) is 5.56 Å². The first kappa shape index (κ1) is 9.74. The average Bonchev–Trinajstić information content (AvgIpc) is 1.91. The Balaban J connectivity index is 0.000000810. The van der Waals surface area contributed by atoms with Crippen LogP contribution in [-0.2, 0) is 11.5 Å². The summed E-state index contributed by atoms with van der Waals surface area (Å²) in [6.45, 7) is 0.154. The number of hydrogen-bond donors (Lipinski definition) is 0. The van der Waals surface area contributed by atoms with Gasteiger partial charge in [0.2, 0.25) is 0 Å². The smallest absolute Gasteiger partial charge is 0.723 e. The quantitative estimate of drug-likeness (QED) is 0.251. The monoisotopic (exact) mass is 130 g/mol. The molecule has 0 aromatic heterocycles. The molecule has 10 heavy (non-hydrogen) atoms. The zero-order valence-electron chi connectivity index (χ0n) is 5.91. The molecule has 0 N–H and O–H groups in total. The van der Waals surface area contributed by atoms with Crippen LogP contribution in [0.5, 0.6) is 0 Å². The fraction of sp³-hybridized carbons (Fsp3) is 0.143. The normalized spacial score (nSPS) is 8.50. The average molecular weight is 130 g/mol. The SMILES string of the molecule is [Li+].[O-]OCc1ccccc1. The van der Waals surface area contributed by atoms with Gasteiger partial charge in [-0.3, -0.25) is 0 Å². The van der Waals surface area contributed by atoms with Crippen LogP contribution in [0.3, 0.4) is 0 Å². The third kappa shape index (κ3) is 3.05. The van der Waals surface area contributed by atoms with E-state index in [0.717, 1.165) is 5.56 Å². The third-order valence-electron chi connectivity index (χ3n) is 1.07. The Bertz CT molecular complexity index is 165. The molecule has 0 saturated heterocycles. The van der Waals surface area contributed by atoms with Gasteiger partial charge in [0.15, 0.2) is 0 Å². The molecule has 1 aromatic carbocycles. The van der Waals surface area contributed by atoms with Crippen LogP contribution in [-0.4, -0.2) is 0 Å². The Morgan fingerprint density at radius 2 is 1.80 bits per heavy atom. The van der Waals surface area contributed by atoms with Gasteiger partial charge < -0.3 is 10.1 Å². The second kappa shape index (κ2) is 5.52. The zero-order valence-corrected chi connectivity index (χ0v) is 5.91. The van der Waals surface area contributed by atoms with Crippen molar-refractivity contribution in [1.29, 1.82) is 0 Å². The van der Waals surface area contributed by atoms with Crippen LogP contribution in [0.4, 0.5) is 0 Å². The molecule has 0 fully saturated rings. The molecule has 2 nitrogen and oxygen atoms in total. The Morgan fingerprint density at radius 3 is 2.30 bits per heavy atom. The molecule has 3 heteroatoms. The Labute approximate surface area is 71.9 Å². The molecule has 0 radical (unpaired) electrons. The topological polar surface area (TPSA) is 32.3 Å². The summed E-state index contributed by atoms with van der Waals surface area (Å²) in [7, 11) is 0. The summed E-state index contributed by atoms with van der Waals surface area (Å²) in [6.07, 6.45) is 0. The molecule has 0 aliphatic rings. The van der Waals surface area contributed by atoms with Gasteiger partial charge in [-0.2, -0.15) is 0 Å². The fourth-order valence-corrected chi connectivity index (χ4v) is 0.642. The fourth-order valence-electron chi connectivity index (χ4n) is 0.642. The maximum atomic E-state index is 9.60. The second-order valence-corrected chi connectivity index (χ2v) is 1.75. The minimum atomic E-state index is 0. The van der Waals surface area contributed by atoms with Gasteiger partial charge in [0.25, 0.3) is 0 Å². The van der Waals surface area contributed by atoms with Crippen molar-refractivity contribution in [3.8, 4) is 0 Å². The number of hydrogen-bond acceptors (Lipinski definition) is 2. The van der Waals surface area contributed by atoms with Gasteiger partial charge in [0, 0.05) is 0 Å². The second-order valence-electron chi connectivity index (χ2n) is 1.75. The molecule has 1 aromatic rings. The molecule has 0 heterocycles. The Kier molecular flexibility index (Phi) is 5.37. The predicted molar refractivity (Wildman–Crippen MR) is 31.2 cm³/mol. The molecule has 0 aliphatic heterocycles. The van der Waals surface area contributed by atoms with Crippen molar-refractivity contribution in [1.82, 2.24) is 0 Å². The van der Waals surface area contributed by atoms with Crippen molar-refractivity contribution in [3.63, 3.8) is 0 Å². The van der Waals surface area contributed by atoms with Gasteiger partial charge in [0.1, 0.15) is 0 Å². The van der Waals surface area contributed by atoms with E-state index in [1.807, 2.05) is 30.3 Å².